The summed E-state index contributed by atoms with van der Waals surface area (Å²) in [6.45, 7) is 9.18. The van der Waals surface area contributed by atoms with Gasteiger partial charge in [-0.15, -0.1) is 0 Å². The van der Waals surface area contributed by atoms with E-state index in [2.05, 4.69) is 25.7 Å². The van der Waals surface area contributed by atoms with Crippen molar-refractivity contribution in [2.75, 3.05) is 33.9 Å². The van der Waals surface area contributed by atoms with E-state index in [1.807, 2.05) is 0 Å². The first-order chi connectivity index (χ1) is 8.36. The van der Waals surface area contributed by atoms with Gasteiger partial charge in [-0.1, -0.05) is 0 Å². The van der Waals surface area contributed by atoms with Crippen LogP contribution in [0.15, 0.2) is 0 Å². The van der Waals surface area contributed by atoms with Crippen LogP contribution in [0.5, 0.6) is 0 Å². The zero-order valence-electron chi connectivity index (χ0n) is 12.7. The van der Waals surface area contributed by atoms with E-state index in [0.717, 1.165) is 25.9 Å². The third-order valence-corrected chi connectivity index (χ3v) is 4.25. The lowest BCUT2D eigenvalue weighted by atomic mass is 9.90. The Hall–Kier alpha value is -0.160. The van der Waals surface area contributed by atoms with Gasteiger partial charge in [0.2, 0.25) is 0 Å². The summed E-state index contributed by atoms with van der Waals surface area (Å²) in [7, 11) is 3.57. The molecule has 0 aliphatic carbocycles. The summed E-state index contributed by atoms with van der Waals surface area (Å²) >= 11 is 0. The highest BCUT2D eigenvalue weighted by Gasteiger charge is 2.35. The predicted octanol–water partition coefficient (Wildman–Crippen LogP) is 1.63. The van der Waals surface area contributed by atoms with E-state index >= 15 is 0 Å². The standard InChI is InChI=1S/C14H30N2O2/c1-13(2,17-4)9-12(10-15)16-8-6-7-14(3,11-16)18-5/h12H,6-11,15H2,1-5H3. The van der Waals surface area contributed by atoms with Gasteiger partial charge in [-0.25, -0.2) is 0 Å². The molecule has 2 unspecified atom stereocenters. The minimum atomic E-state index is -0.120. The average molecular weight is 258 g/mol. The van der Waals surface area contributed by atoms with Gasteiger partial charge in [-0.2, -0.15) is 0 Å². The van der Waals surface area contributed by atoms with Crippen LogP contribution in [-0.2, 0) is 9.47 Å². The quantitative estimate of drug-likeness (QED) is 0.786. The fourth-order valence-corrected chi connectivity index (χ4v) is 2.73. The molecular formula is C14H30N2O2. The lowest BCUT2D eigenvalue weighted by molar-refractivity contribution is -0.0730. The Morgan fingerprint density at radius 3 is 2.56 bits per heavy atom. The number of piperidine rings is 1. The fraction of sp³-hybridized carbons (Fsp3) is 1.00. The van der Waals surface area contributed by atoms with Gasteiger partial charge < -0.3 is 15.2 Å². The SMILES string of the molecule is COC(C)(C)CC(CN)N1CCCC(C)(OC)C1. The van der Waals surface area contributed by atoms with Crippen molar-refractivity contribution in [1.29, 1.82) is 0 Å². The molecule has 0 saturated carbocycles. The van der Waals surface area contributed by atoms with Crippen LogP contribution in [-0.4, -0.2) is 56.0 Å². The third kappa shape index (κ3) is 4.19. The van der Waals surface area contributed by atoms with Crippen LogP contribution in [0.25, 0.3) is 0 Å². The lowest BCUT2D eigenvalue weighted by Crippen LogP contribution is -2.54. The second-order valence-electron chi connectivity index (χ2n) is 6.29. The minimum absolute atomic E-state index is 0.0249. The normalized spacial score (nSPS) is 28.3. The van der Waals surface area contributed by atoms with Gasteiger partial charge >= 0.3 is 0 Å². The molecule has 0 bridgehead atoms. The van der Waals surface area contributed by atoms with Gasteiger partial charge in [0.25, 0.3) is 0 Å². The van der Waals surface area contributed by atoms with E-state index in [-0.39, 0.29) is 11.2 Å². The molecule has 1 rings (SSSR count). The number of rotatable bonds is 6. The van der Waals surface area contributed by atoms with Gasteiger partial charge in [0, 0.05) is 33.4 Å². The van der Waals surface area contributed by atoms with Crippen molar-refractivity contribution < 1.29 is 9.47 Å². The van der Waals surface area contributed by atoms with Crippen molar-refractivity contribution in [2.45, 2.75) is 57.3 Å². The molecule has 0 aromatic carbocycles. The second kappa shape index (κ2) is 6.33. The molecule has 2 atom stereocenters. The minimum Gasteiger partial charge on any atom is -0.379 e. The van der Waals surface area contributed by atoms with E-state index in [1.165, 1.54) is 6.42 Å². The van der Waals surface area contributed by atoms with E-state index in [9.17, 15) is 0 Å². The smallest absolute Gasteiger partial charge is 0.0777 e. The van der Waals surface area contributed by atoms with Crippen LogP contribution in [0.1, 0.15) is 40.0 Å². The molecule has 1 aliphatic rings. The first-order valence-corrected chi connectivity index (χ1v) is 6.90. The van der Waals surface area contributed by atoms with Crippen LogP contribution in [0, 0.1) is 0 Å². The Balaban J connectivity index is 2.65. The molecule has 0 aromatic heterocycles. The number of hydrogen-bond acceptors (Lipinski definition) is 4. The van der Waals surface area contributed by atoms with Crippen LogP contribution < -0.4 is 5.73 Å². The first-order valence-electron chi connectivity index (χ1n) is 6.90. The van der Waals surface area contributed by atoms with Crippen LogP contribution >= 0.6 is 0 Å². The molecular weight excluding hydrogens is 228 g/mol. The van der Waals surface area contributed by atoms with E-state index in [0.29, 0.717) is 12.6 Å². The zero-order chi connectivity index (χ0) is 13.8. The van der Waals surface area contributed by atoms with E-state index in [4.69, 9.17) is 15.2 Å². The summed E-state index contributed by atoms with van der Waals surface area (Å²) in [4.78, 5) is 2.47. The average Bonchev–Trinajstić information content (AvgIpc) is 2.36. The highest BCUT2D eigenvalue weighted by Crippen LogP contribution is 2.27. The molecule has 0 spiro atoms. The highest BCUT2D eigenvalue weighted by molar-refractivity contribution is 4.90. The predicted molar refractivity (Wildman–Crippen MR) is 74.8 cm³/mol. The molecule has 1 saturated heterocycles. The Kier molecular flexibility index (Phi) is 5.59. The Bertz CT molecular complexity index is 256. The van der Waals surface area contributed by atoms with Crippen LogP contribution in [0.2, 0.25) is 0 Å². The van der Waals surface area contributed by atoms with Crippen molar-refractivity contribution in [3.05, 3.63) is 0 Å². The molecule has 0 radical (unpaired) electrons. The largest absolute Gasteiger partial charge is 0.379 e. The molecule has 0 amide bonds. The molecule has 1 aliphatic heterocycles. The third-order valence-electron chi connectivity index (χ3n) is 4.25. The lowest BCUT2D eigenvalue weighted by Gasteiger charge is -2.44. The Morgan fingerprint density at radius 2 is 2.06 bits per heavy atom. The maximum atomic E-state index is 5.96. The summed E-state index contributed by atoms with van der Waals surface area (Å²) in [5.74, 6) is 0. The molecule has 1 fully saturated rings. The van der Waals surface area contributed by atoms with Gasteiger partial charge in [0.1, 0.15) is 0 Å². The Morgan fingerprint density at radius 1 is 1.39 bits per heavy atom. The monoisotopic (exact) mass is 258 g/mol. The number of hydrogen-bond donors (Lipinski definition) is 1. The van der Waals surface area contributed by atoms with Gasteiger partial charge in [-0.3, -0.25) is 4.90 Å². The van der Waals surface area contributed by atoms with Gasteiger partial charge in [-0.05, 0) is 46.6 Å². The van der Waals surface area contributed by atoms with Crippen molar-refractivity contribution in [1.82, 2.24) is 4.90 Å². The topological polar surface area (TPSA) is 47.7 Å². The van der Waals surface area contributed by atoms with Crippen molar-refractivity contribution >= 4 is 0 Å². The molecule has 4 heteroatoms. The van der Waals surface area contributed by atoms with E-state index < -0.39 is 0 Å². The number of nitrogens with two attached hydrogens (primary N) is 1. The highest BCUT2D eigenvalue weighted by atomic mass is 16.5. The number of nitrogens with zero attached hydrogens (tertiary/aromatic N) is 1. The van der Waals surface area contributed by atoms with Crippen LogP contribution in [0.4, 0.5) is 0 Å². The van der Waals surface area contributed by atoms with Crippen LogP contribution in [0.3, 0.4) is 0 Å². The number of likely N-dealkylation sites (tertiary alicyclic amines) is 1. The molecule has 0 aromatic rings. The van der Waals surface area contributed by atoms with Crippen molar-refractivity contribution in [3.8, 4) is 0 Å². The van der Waals surface area contributed by atoms with Gasteiger partial charge in [0.15, 0.2) is 0 Å². The molecule has 108 valence electrons. The Labute approximate surface area is 112 Å². The number of methoxy groups -OCH3 is 2. The zero-order valence-corrected chi connectivity index (χ0v) is 12.7. The first kappa shape index (κ1) is 15.9. The maximum absolute atomic E-state index is 5.96. The summed E-state index contributed by atoms with van der Waals surface area (Å²) in [5.41, 5.74) is 5.81. The molecule has 1 heterocycles. The molecule has 2 N–H and O–H groups in total. The molecule has 18 heavy (non-hydrogen) atoms. The van der Waals surface area contributed by atoms with Gasteiger partial charge in [0.05, 0.1) is 11.2 Å². The maximum Gasteiger partial charge on any atom is 0.0777 e. The summed E-state index contributed by atoms with van der Waals surface area (Å²) in [5, 5.41) is 0. The summed E-state index contributed by atoms with van der Waals surface area (Å²) < 4.78 is 11.2. The summed E-state index contributed by atoms with van der Waals surface area (Å²) in [6, 6.07) is 0.370. The van der Waals surface area contributed by atoms with E-state index in [1.54, 1.807) is 14.2 Å². The van der Waals surface area contributed by atoms with Crippen molar-refractivity contribution in [3.63, 3.8) is 0 Å². The molecule has 4 nitrogen and oxygen atoms in total. The second-order valence-corrected chi connectivity index (χ2v) is 6.29. The fourth-order valence-electron chi connectivity index (χ4n) is 2.73. The summed E-state index contributed by atoms with van der Waals surface area (Å²) in [6.07, 6.45) is 3.26. The van der Waals surface area contributed by atoms with Crippen molar-refractivity contribution in [2.24, 2.45) is 5.73 Å². The number of ether oxygens (including phenoxy) is 2.